The van der Waals surface area contributed by atoms with Gasteiger partial charge in [-0.15, -0.1) is 0 Å². The Morgan fingerprint density at radius 1 is 1.09 bits per heavy atom. The third-order valence-corrected chi connectivity index (χ3v) is 6.00. The molecule has 8 nitrogen and oxygen atoms in total. The number of aliphatic hydroxyl groups is 1. The van der Waals surface area contributed by atoms with E-state index in [4.69, 9.17) is 21.1 Å². The maximum absolute atomic E-state index is 13.1. The third kappa shape index (κ3) is 3.93. The summed E-state index contributed by atoms with van der Waals surface area (Å²) in [5, 5.41) is 11.6. The molecule has 2 aliphatic heterocycles. The van der Waals surface area contributed by atoms with Gasteiger partial charge in [0.25, 0.3) is 11.7 Å². The summed E-state index contributed by atoms with van der Waals surface area (Å²) in [4.78, 5) is 31.7. The number of carbonyl (C=O) groups is 2. The van der Waals surface area contributed by atoms with Gasteiger partial charge in [0.05, 0.1) is 17.9 Å². The van der Waals surface area contributed by atoms with Crippen molar-refractivity contribution in [1.29, 1.82) is 0 Å². The topological polar surface area (TPSA) is 93.9 Å². The van der Waals surface area contributed by atoms with Crippen LogP contribution in [0.4, 0.5) is 0 Å². The number of nitrogens with zero attached hydrogens (tertiary/aromatic N) is 3. The molecule has 1 unspecified atom stereocenters. The van der Waals surface area contributed by atoms with Crippen molar-refractivity contribution >= 4 is 29.1 Å². The molecule has 0 saturated carbocycles. The van der Waals surface area contributed by atoms with Crippen molar-refractivity contribution in [3.63, 3.8) is 0 Å². The second-order valence-electron chi connectivity index (χ2n) is 7.77. The summed E-state index contributed by atoms with van der Waals surface area (Å²) in [6, 6.07) is 11.0. The summed E-state index contributed by atoms with van der Waals surface area (Å²) in [7, 11) is 0. The van der Waals surface area contributed by atoms with Gasteiger partial charge in [0.2, 0.25) is 6.79 Å². The smallest absolute Gasteiger partial charge is 0.295 e. The summed E-state index contributed by atoms with van der Waals surface area (Å²) in [5.41, 5.74) is 1.09. The largest absolute Gasteiger partial charge is 0.507 e. The first-order valence-electron chi connectivity index (χ1n) is 10.4. The molecule has 2 aliphatic rings. The van der Waals surface area contributed by atoms with E-state index < -0.39 is 17.7 Å². The maximum atomic E-state index is 13.1. The second-order valence-corrected chi connectivity index (χ2v) is 8.20. The van der Waals surface area contributed by atoms with Crippen LogP contribution in [0.3, 0.4) is 0 Å². The molecule has 1 saturated heterocycles. The maximum Gasteiger partial charge on any atom is 0.295 e. The molecule has 3 heterocycles. The lowest BCUT2D eigenvalue weighted by atomic mass is 9.95. The Hall–Kier alpha value is -3.78. The molecule has 1 amide bonds. The minimum Gasteiger partial charge on any atom is -0.507 e. The van der Waals surface area contributed by atoms with Crippen LogP contribution in [0.2, 0.25) is 5.02 Å². The van der Waals surface area contributed by atoms with E-state index >= 15 is 0 Å². The highest BCUT2D eigenvalue weighted by Crippen LogP contribution is 2.43. The minimum atomic E-state index is -0.766. The molecule has 168 valence electrons. The van der Waals surface area contributed by atoms with E-state index in [2.05, 4.69) is 4.98 Å². The number of rotatable bonds is 6. The van der Waals surface area contributed by atoms with Crippen LogP contribution in [0.25, 0.3) is 5.76 Å². The molecule has 0 spiro atoms. The summed E-state index contributed by atoms with van der Waals surface area (Å²) < 4.78 is 12.8. The van der Waals surface area contributed by atoms with Gasteiger partial charge in [0.15, 0.2) is 11.5 Å². The SMILES string of the molecule is O=C1C(=O)N(CCCn2ccnc2)C(c2ccc3c(c2)OCO3)/C1=C(\O)c1ccc(Cl)cc1. The number of halogens is 1. The summed E-state index contributed by atoms with van der Waals surface area (Å²) >= 11 is 5.97. The fourth-order valence-electron chi connectivity index (χ4n) is 4.15. The minimum absolute atomic E-state index is 0.0313. The standard InChI is InChI=1S/C24H20ClN3O5/c25-17-5-2-15(3-6-17)22(29)20-21(16-4-7-18-19(12-16)33-14-32-18)28(24(31)23(20)30)10-1-9-27-11-8-26-13-27/h2-8,11-13,21,29H,1,9-10,14H2/b22-20+. The Kier molecular flexibility index (Phi) is 5.51. The molecule has 1 atom stereocenters. The molecule has 33 heavy (non-hydrogen) atoms. The van der Waals surface area contributed by atoms with Gasteiger partial charge in [0.1, 0.15) is 5.76 Å². The number of ketones is 1. The van der Waals surface area contributed by atoms with Crippen molar-refractivity contribution in [3.8, 4) is 11.5 Å². The Labute approximate surface area is 194 Å². The summed E-state index contributed by atoms with van der Waals surface area (Å²) in [6.45, 7) is 1.06. The van der Waals surface area contributed by atoms with Gasteiger partial charge >= 0.3 is 0 Å². The van der Waals surface area contributed by atoms with Crippen molar-refractivity contribution in [1.82, 2.24) is 14.5 Å². The zero-order chi connectivity index (χ0) is 22.9. The number of hydrogen-bond acceptors (Lipinski definition) is 6. The molecule has 9 heteroatoms. The lowest BCUT2D eigenvalue weighted by Gasteiger charge is -2.25. The first-order chi connectivity index (χ1) is 16.0. The van der Waals surface area contributed by atoms with Crippen LogP contribution in [-0.4, -0.2) is 44.6 Å². The number of likely N-dealkylation sites (tertiary alicyclic amines) is 1. The van der Waals surface area contributed by atoms with E-state index in [1.54, 1.807) is 55.0 Å². The summed E-state index contributed by atoms with van der Waals surface area (Å²) in [6.07, 6.45) is 5.82. The fraction of sp³-hybridized carbons (Fsp3) is 0.208. The zero-order valence-corrected chi connectivity index (χ0v) is 18.2. The number of Topliss-reactive ketones (excluding diaryl/α,β-unsaturated/α-hetero) is 1. The van der Waals surface area contributed by atoms with Crippen LogP contribution in [0.1, 0.15) is 23.6 Å². The third-order valence-electron chi connectivity index (χ3n) is 5.74. The van der Waals surface area contributed by atoms with E-state index in [1.165, 1.54) is 4.90 Å². The second kappa shape index (κ2) is 8.63. The number of amides is 1. The number of aryl methyl sites for hydroxylation is 1. The molecule has 0 bridgehead atoms. The van der Waals surface area contributed by atoms with Crippen LogP contribution in [0.5, 0.6) is 11.5 Å². The van der Waals surface area contributed by atoms with Crippen LogP contribution in [-0.2, 0) is 16.1 Å². The monoisotopic (exact) mass is 465 g/mol. The number of hydrogen-bond donors (Lipinski definition) is 1. The highest BCUT2D eigenvalue weighted by atomic mass is 35.5. The number of aromatic nitrogens is 2. The van der Waals surface area contributed by atoms with Crippen LogP contribution < -0.4 is 9.47 Å². The predicted octanol–water partition coefficient (Wildman–Crippen LogP) is 3.78. The first-order valence-corrected chi connectivity index (χ1v) is 10.8. The van der Waals surface area contributed by atoms with Crippen molar-refractivity contribution in [2.45, 2.75) is 19.0 Å². The molecule has 5 rings (SSSR count). The number of imidazole rings is 1. The normalized spacial score (nSPS) is 18.8. The van der Waals surface area contributed by atoms with E-state index in [1.807, 2.05) is 10.8 Å². The quantitative estimate of drug-likeness (QED) is 0.338. The zero-order valence-electron chi connectivity index (χ0n) is 17.5. The molecular formula is C24H20ClN3O5. The Morgan fingerprint density at radius 2 is 1.88 bits per heavy atom. The molecule has 1 fully saturated rings. The Bertz CT molecular complexity index is 1240. The lowest BCUT2D eigenvalue weighted by Crippen LogP contribution is -2.31. The van der Waals surface area contributed by atoms with Crippen molar-refractivity contribution in [2.75, 3.05) is 13.3 Å². The van der Waals surface area contributed by atoms with Gasteiger partial charge in [-0.3, -0.25) is 9.59 Å². The first kappa shape index (κ1) is 21.1. The number of benzene rings is 2. The van der Waals surface area contributed by atoms with E-state index in [9.17, 15) is 14.7 Å². The molecule has 1 N–H and O–H groups in total. The molecule has 3 aromatic rings. The van der Waals surface area contributed by atoms with Crippen molar-refractivity contribution < 1.29 is 24.2 Å². The molecule has 0 aliphatic carbocycles. The van der Waals surface area contributed by atoms with Crippen LogP contribution >= 0.6 is 11.6 Å². The highest BCUT2D eigenvalue weighted by molar-refractivity contribution is 6.46. The predicted molar refractivity (Wildman–Crippen MR) is 120 cm³/mol. The van der Waals surface area contributed by atoms with Crippen molar-refractivity contribution in [2.24, 2.45) is 0 Å². The van der Waals surface area contributed by atoms with Gasteiger partial charge < -0.3 is 24.0 Å². The van der Waals surface area contributed by atoms with Gasteiger partial charge in [-0.05, 0) is 48.4 Å². The van der Waals surface area contributed by atoms with Crippen LogP contribution in [0, 0.1) is 0 Å². The molecule has 2 aromatic carbocycles. The molecular weight excluding hydrogens is 446 g/mol. The number of ether oxygens (including phenoxy) is 2. The number of aliphatic hydroxyl groups excluding tert-OH is 1. The number of carbonyl (C=O) groups excluding carboxylic acids is 2. The molecule has 0 radical (unpaired) electrons. The number of fused-ring (bicyclic) bond motifs is 1. The lowest BCUT2D eigenvalue weighted by molar-refractivity contribution is -0.139. The van der Waals surface area contributed by atoms with Gasteiger partial charge in [-0.2, -0.15) is 0 Å². The van der Waals surface area contributed by atoms with Gasteiger partial charge in [-0.1, -0.05) is 17.7 Å². The summed E-state index contributed by atoms with van der Waals surface area (Å²) in [5.74, 6) is -0.507. The fourth-order valence-corrected chi connectivity index (χ4v) is 4.27. The van der Waals surface area contributed by atoms with E-state index in [-0.39, 0.29) is 18.1 Å². The average molecular weight is 466 g/mol. The highest BCUT2D eigenvalue weighted by Gasteiger charge is 2.46. The van der Waals surface area contributed by atoms with Crippen LogP contribution in [0.15, 0.2) is 66.8 Å². The Morgan fingerprint density at radius 3 is 2.64 bits per heavy atom. The molecule has 1 aromatic heterocycles. The Balaban J connectivity index is 1.54. The van der Waals surface area contributed by atoms with Gasteiger partial charge in [0, 0.05) is 36.1 Å². The van der Waals surface area contributed by atoms with Crippen molar-refractivity contribution in [3.05, 3.63) is 82.9 Å². The van der Waals surface area contributed by atoms with E-state index in [0.717, 1.165) is 0 Å². The van der Waals surface area contributed by atoms with Gasteiger partial charge in [-0.25, -0.2) is 4.98 Å². The average Bonchev–Trinajstić information content (AvgIpc) is 3.55. The van der Waals surface area contributed by atoms with E-state index in [0.29, 0.717) is 47.2 Å².